The van der Waals surface area contributed by atoms with Gasteiger partial charge in [0.2, 0.25) is 5.88 Å². The number of nitrogens with zero attached hydrogens (tertiary/aromatic N) is 1. The third-order valence-corrected chi connectivity index (χ3v) is 3.85. The van der Waals surface area contributed by atoms with Gasteiger partial charge in [0.05, 0.1) is 34.5 Å². The number of methoxy groups -OCH3 is 1. The Kier molecular flexibility index (Phi) is 5.22. The van der Waals surface area contributed by atoms with Gasteiger partial charge in [-0.05, 0) is 32.0 Å². The van der Waals surface area contributed by atoms with E-state index in [0.717, 1.165) is 0 Å². The lowest BCUT2D eigenvalue weighted by molar-refractivity contribution is 0.0696. The Hall–Kier alpha value is -2.02. The van der Waals surface area contributed by atoms with Crippen molar-refractivity contribution in [2.45, 2.75) is 19.4 Å². The van der Waals surface area contributed by atoms with Crippen LogP contribution in [0.3, 0.4) is 0 Å². The standard InChI is InChI=1S/C16H15Cl2NO5/c1-16(2,22)10-6-8(7-19-14(10)23-3)24-13-11(17)5-4-9(12(13)18)15(20)21/h4-7,22H,1-3H3,(H,20,21). The maximum absolute atomic E-state index is 11.2. The molecule has 0 aliphatic carbocycles. The smallest absolute Gasteiger partial charge is 0.337 e. The van der Waals surface area contributed by atoms with E-state index in [9.17, 15) is 9.90 Å². The number of carbonyl (C=O) groups is 1. The predicted octanol–water partition coefficient (Wildman–Crippen LogP) is 4.11. The summed E-state index contributed by atoms with van der Waals surface area (Å²) in [5.74, 6) is -0.746. The van der Waals surface area contributed by atoms with Crippen molar-refractivity contribution in [3.8, 4) is 17.4 Å². The van der Waals surface area contributed by atoms with Gasteiger partial charge in [0.15, 0.2) is 5.75 Å². The lowest BCUT2D eigenvalue weighted by atomic mass is 10.00. The van der Waals surface area contributed by atoms with Crippen molar-refractivity contribution in [3.05, 3.63) is 45.6 Å². The summed E-state index contributed by atoms with van der Waals surface area (Å²) in [5.41, 5.74) is -0.974. The SMILES string of the molecule is COc1ncc(Oc2c(Cl)ccc(C(=O)O)c2Cl)cc1C(C)(C)O. The average molecular weight is 372 g/mol. The minimum Gasteiger partial charge on any atom is -0.481 e. The van der Waals surface area contributed by atoms with Crippen molar-refractivity contribution < 1.29 is 24.5 Å². The number of pyridine rings is 1. The van der Waals surface area contributed by atoms with E-state index in [2.05, 4.69) is 4.98 Å². The number of hydrogen-bond donors (Lipinski definition) is 2. The van der Waals surface area contributed by atoms with Crippen molar-refractivity contribution in [2.24, 2.45) is 0 Å². The van der Waals surface area contributed by atoms with Gasteiger partial charge in [-0.1, -0.05) is 23.2 Å². The van der Waals surface area contributed by atoms with Crippen LogP contribution in [0.25, 0.3) is 0 Å². The molecule has 0 saturated carbocycles. The van der Waals surface area contributed by atoms with Gasteiger partial charge in [-0.25, -0.2) is 9.78 Å². The summed E-state index contributed by atoms with van der Waals surface area (Å²) in [6, 6.07) is 4.18. The minimum absolute atomic E-state index is 0.00750. The first-order valence-corrected chi connectivity index (χ1v) is 7.56. The van der Waals surface area contributed by atoms with Crippen LogP contribution in [0.1, 0.15) is 29.8 Å². The van der Waals surface area contributed by atoms with E-state index in [1.807, 2.05) is 0 Å². The fourth-order valence-electron chi connectivity index (χ4n) is 2.00. The molecule has 128 valence electrons. The Morgan fingerprint density at radius 2 is 1.96 bits per heavy atom. The average Bonchev–Trinajstić information content (AvgIpc) is 2.50. The highest BCUT2D eigenvalue weighted by Gasteiger charge is 2.24. The maximum atomic E-state index is 11.2. The van der Waals surface area contributed by atoms with Crippen LogP contribution in [0.2, 0.25) is 10.0 Å². The largest absolute Gasteiger partial charge is 0.481 e. The Morgan fingerprint density at radius 1 is 1.29 bits per heavy atom. The zero-order chi connectivity index (χ0) is 18.1. The Labute approximate surface area is 148 Å². The van der Waals surface area contributed by atoms with Gasteiger partial charge in [-0.15, -0.1) is 0 Å². The van der Waals surface area contributed by atoms with E-state index in [-0.39, 0.29) is 33.0 Å². The molecule has 1 heterocycles. The fourth-order valence-corrected chi connectivity index (χ4v) is 2.53. The van der Waals surface area contributed by atoms with Crippen LogP contribution in [0, 0.1) is 0 Å². The predicted molar refractivity (Wildman–Crippen MR) is 89.5 cm³/mol. The molecule has 2 aromatic rings. The van der Waals surface area contributed by atoms with Gasteiger partial charge in [0.25, 0.3) is 0 Å². The van der Waals surface area contributed by atoms with E-state index in [1.54, 1.807) is 13.8 Å². The molecule has 0 saturated heterocycles. The van der Waals surface area contributed by atoms with E-state index in [0.29, 0.717) is 5.56 Å². The van der Waals surface area contributed by atoms with Gasteiger partial charge in [-0.2, -0.15) is 0 Å². The topological polar surface area (TPSA) is 88.9 Å². The summed E-state index contributed by atoms with van der Waals surface area (Å²) >= 11 is 12.1. The molecular weight excluding hydrogens is 357 g/mol. The summed E-state index contributed by atoms with van der Waals surface area (Å²) < 4.78 is 10.7. The van der Waals surface area contributed by atoms with Gasteiger partial charge in [-0.3, -0.25) is 0 Å². The molecule has 0 amide bonds. The first kappa shape index (κ1) is 18.3. The van der Waals surface area contributed by atoms with Crippen molar-refractivity contribution in [3.63, 3.8) is 0 Å². The summed E-state index contributed by atoms with van der Waals surface area (Å²) in [4.78, 5) is 15.2. The second kappa shape index (κ2) is 6.84. The Bertz CT molecular complexity index is 787. The molecular formula is C16H15Cl2NO5. The summed E-state index contributed by atoms with van der Waals surface area (Å²) in [6.07, 6.45) is 1.36. The Morgan fingerprint density at radius 3 is 2.50 bits per heavy atom. The number of carboxylic acid groups (broad SMARTS) is 1. The lowest BCUT2D eigenvalue weighted by Gasteiger charge is -2.21. The maximum Gasteiger partial charge on any atom is 0.337 e. The number of hydrogen-bond acceptors (Lipinski definition) is 5. The van der Waals surface area contributed by atoms with Gasteiger partial charge in [0, 0.05) is 5.56 Å². The number of benzene rings is 1. The molecule has 0 spiro atoms. The van der Waals surface area contributed by atoms with Crippen LogP contribution in [-0.2, 0) is 5.60 Å². The molecule has 0 bridgehead atoms. The first-order chi connectivity index (χ1) is 11.1. The normalized spacial score (nSPS) is 11.2. The van der Waals surface area contributed by atoms with Crippen LogP contribution < -0.4 is 9.47 Å². The molecule has 6 nitrogen and oxygen atoms in total. The molecule has 0 radical (unpaired) electrons. The number of halogens is 2. The molecule has 24 heavy (non-hydrogen) atoms. The highest BCUT2D eigenvalue weighted by atomic mass is 35.5. The molecule has 0 aliphatic rings. The zero-order valence-electron chi connectivity index (χ0n) is 13.1. The van der Waals surface area contributed by atoms with Crippen molar-refractivity contribution in [1.29, 1.82) is 0 Å². The molecule has 1 aromatic carbocycles. The third kappa shape index (κ3) is 3.72. The number of ether oxygens (including phenoxy) is 2. The van der Waals surface area contributed by atoms with Crippen LogP contribution >= 0.6 is 23.2 Å². The van der Waals surface area contributed by atoms with E-state index in [4.69, 9.17) is 37.8 Å². The van der Waals surface area contributed by atoms with Crippen LogP contribution in [0.15, 0.2) is 24.4 Å². The fraction of sp³-hybridized carbons (Fsp3) is 0.250. The van der Waals surface area contributed by atoms with Gasteiger partial charge in [0.1, 0.15) is 5.75 Å². The number of carboxylic acids is 1. The van der Waals surface area contributed by atoms with Crippen LogP contribution in [0.4, 0.5) is 0 Å². The summed E-state index contributed by atoms with van der Waals surface area (Å²) in [6.45, 7) is 3.14. The molecule has 2 rings (SSSR count). The molecule has 1 aromatic heterocycles. The lowest BCUT2D eigenvalue weighted by Crippen LogP contribution is -2.17. The molecule has 0 atom stereocenters. The van der Waals surface area contributed by atoms with Crippen LogP contribution in [0.5, 0.6) is 17.4 Å². The summed E-state index contributed by atoms with van der Waals surface area (Å²) in [5, 5.41) is 19.3. The molecule has 0 unspecified atom stereocenters. The van der Waals surface area contributed by atoms with Crippen molar-refractivity contribution in [1.82, 2.24) is 4.98 Å². The van der Waals surface area contributed by atoms with Crippen molar-refractivity contribution >= 4 is 29.2 Å². The second-order valence-electron chi connectivity index (χ2n) is 5.43. The molecule has 0 aliphatic heterocycles. The zero-order valence-corrected chi connectivity index (χ0v) is 14.6. The second-order valence-corrected chi connectivity index (χ2v) is 6.22. The molecule has 2 N–H and O–H groups in total. The number of aromatic carboxylic acids is 1. The number of aliphatic hydroxyl groups is 1. The van der Waals surface area contributed by atoms with E-state index in [1.165, 1.54) is 31.5 Å². The monoisotopic (exact) mass is 371 g/mol. The number of rotatable bonds is 5. The van der Waals surface area contributed by atoms with Gasteiger partial charge >= 0.3 is 5.97 Å². The van der Waals surface area contributed by atoms with Gasteiger partial charge < -0.3 is 19.7 Å². The van der Waals surface area contributed by atoms with E-state index >= 15 is 0 Å². The van der Waals surface area contributed by atoms with Crippen molar-refractivity contribution in [2.75, 3.05) is 7.11 Å². The highest BCUT2D eigenvalue weighted by Crippen LogP contribution is 2.40. The molecule has 0 fully saturated rings. The summed E-state index contributed by atoms with van der Waals surface area (Å²) in [7, 11) is 1.43. The quantitative estimate of drug-likeness (QED) is 0.821. The van der Waals surface area contributed by atoms with Crippen LogP contribution in [-0.4, -0.2) is 28.3 Å². The first-order valence-electron chi connectivity index (χ1n) is 6.81. The third-order valence-electron chi connectivity index (χ3n) is 3.18. The minimum atomic E-state index is -1.23. The molecule has 8 heteroatoms. The Balaban J connectivity index is 2.49. The highest BCUT2D eigenvalue weighted by molar-refractivity contribution is 6.39. The number of aromatic nitrogens is 1. The van der Waals surface area contributed by atoms with E-state index < -0.39 is 11.6 Å².